The molecule has 5 fully saturated rings. The van der Waals surface area contributed by atoms with E-state index in [1.165, 1.54) is 17.7 Å². The van der Waals surface area contributed by atoms with E-state index in [4.69, 9.17) is 9.72 Å². The summed E-state index contributed by atoms with van der Waals surface area (Å²) in [5.41, 5.74) is 7.99. The van der Waals surface area contributed by atoms with Gasteiger partial charge in [0.15, 0.2) is 0 Å². The maximum absolute atomic E-state index is 14.3. The van der Waals surface area contributed by atoms with Crippen molar-refractivity contribution in [3.63, 3.8) is 0 Å². The van der Waals surface area contributed by atoms with Crippen LogP contribution < -0.4 is 20.7 Å². The lowest BCUT2D eigenvalue weighted by atomic mass is 9.85. The summed E-state index contributed by atoms with van der Waals surface area (Å²) in [6, 6.07) is 25.4. The number of hydrogen-bond acceptors (Lipinski definition) is 15. The molecule has 7 heterocycles. The number of aryl methyl sites for hydroxylation is 2. The quantitative estimate of drug-likeness (QED) is 0.0466. The standard InChI is InChI=1S/C72H100N12O7S/c1-50(56-14-16-58(17-15-56)67-51(2)75-49-92-67)76-69(88)64-43-60(85)47-84(64)71(90)68(72(3,4)5)77-65(86)48-82-39-37-81(38-40-82)46-53-22-30-80(31-23-53)45-54-24-34-83(35-25-54)66(87)20-13-52-11-18-61(19-12-52)91-62-10-8-9-59(42-62)70(89)78(7)44-55-21-28-74-63(41-55)57-26-32-79(33-27-57)36-29-73-6/h8-12,14-19,21,28,41-42,49-50,53-54,57,60,64,68,73,85H,13,20,22-27,29-40,43-48H2,1-7H3,(H,76,88)(H,77,86). The molecule has 2 aromatic heterocycles. The number of aliphatic hydroxyl groups excluding tert-OH is 1. The summed E-state index contributed by atoms with van der Waals surface area (Å²) < 4.78 is 6.23. The van der Waals surface area contributed by atoms with Gasteiger partial charge in [0.1, 0.15) is 23.6 Å². The van der Waals surface area contributed by atoms with E-state index in [2.05, 4.69) is 51.5 Å². The monoisotopic (exact) mass is 1280 g/mol. The van der Waals surface area contributed by atoms with Crippen molar-refractivity contribution < 1.29 is 33.8 Å². The zero-order valence-corrected chi connectivity index (χ0v) is 56.3. The van der Waals surface area contributed by atoms with Gasteiger partial charge in [-0.15, -0.1) is 11.3 Å². The van der Waals surface area contributed by atoms with E-state index in [0.717, 1.165) is 156 Å². The SMILES string of the molecule is CNCCN1CCC(c2cc(CN(C)C(=O)c3cccc(Oc4ccc(CCC(=O)N5CCC(CN6CCC(CN7CCN(CC(=O)NC(C(=O)N8CC(O)CC8C(=O)NC(C)c8ccc(-c9scnc9C)cc8)C(C)(C)C)CC7)CC6)CC5)cc4)c3)ccn2)CC1. The molecule has 20 heteroatoms. The molecule has 4 N–H and O–H groups in total. The number of pyridine rings is 1. The maximum Gasteiger partial charge on any atom is 0.254 e. The number of nitrogens with zero attached hydrogens (tertiary/aromatic N) is 9. The Morgan fingerprint density at radius 1 is 0.750 bits per heavy atom. The fraction of sp³-hybridized carbons (Fsp3) is 0.569. The summed E-state index contributed by atoms with van der Waals surface area (Å²) in [4.78, 5) is 94.3. The predicted molar refractivity (Wildman–Crippen MR) is 361 cm³/mol. The first-order valence-corrected chi connectivity index (χ1v) is 34.7. The van der Waals surface area contributed by atoms with Gasteiger partial charge in [-0.25, -0.2) is 4.98 Å². The highest BCUT2D eigenvalue weighted by Gasteiger charge is 2.45. The van der Waals surface area contributed by atoms with Gasteiger partial charge in [0.25, 0.3) is 5.91 Å². The fourth-order valence-corrected chi connectivity index (χ4v) is 14.9. The normalized spacial score (nSPS) is 20.2. The van der Waals surface area contributed by atoms with E-state index in [-0.39, 0.29) is 55.1 Å². The van der Waals surface area contributed by atoms with Gasteiger partial charge in [-0.2, -0.15) is 0 Å². The van der Waals surface area contributed by atoms with Crippen molar-refractivity contribution in [3.05, 3.63) is 130 Å². The van der Waals surface area contributed by atoms with E-state index in [0.29, 0.717) is 54.2 Å². The van der Waals surface area contributed by atoms with Crippen LogP contribution in [0.4, 0.5) is 0 Å². The third kappa shape index (κ3) is 18.6. The number of rotatable bonds is 24. The number of likely N-dealkylation sites (tertiary alicyclic amines) is 4. The van der Waals surface area contributed by atoms with Crippen LogP contribution in [0.1, 0.15) is 129 Å². The van der Waals surface area contributed by atoms with Crippen LogP contribution in [0.2, 0.25) is 0 Å². The third-order valence-corrected chi connectivity index (χ3v) is 20.7. The minimum Gasteiger partial charge on any atom is -0.457 e. The number of aliphatic hydroxyl groups is 1. The van der Waals surface area contributed by atoms with Gasteiger partial charge in [0, 0.05) is 122 Å². The molecular weight excluding hydrogens is 1180 g/mol. The average Bonchev–Trinajstić information content (AvgIpc) is 1.67. The Labute approximate surface area is 549 Å². The van der Waals surface area contributed by atoms with Crippen LogP contribution in [0.5, 0.6) is 11.5 Å². The number of ether oxygens (including phenoxy) is 1. The molecule has 4 unspecified atom stereocenters. The lowest BCUT2D eigenvalue weighted by Gasteiger charge is -2.40. The number of hydrogen-bond donors (Lipinski definition) is 4. The van der Waals surface area contributed by atoms with Gasteiger partial charge >= 0.3 is 0 Å². The van der Waals surface area contributed by atoms with Crippen molar-refractivity contribution >= 4 is 40.9 Å². The van der Waals surface area contributed by atoms with Crippen molar-refractivity contribution in [2.75, 3.05) is 119 Å². The Bertz CT molecular complexity index is 3230. The van der Waals surface area contributed by atoms with Crippen LogP contribution in [0, 0.1) is 24.2 Å². The topological polar surface area (TPSA) is 199 Å². The number of carbonyl (C=O) groups excluding carboxylic acids is 5. The van der Waals surface area contributed by atoms with Crippen LogP contribution in [-0.2, 0) is 32.1 Å². The molecule has 5 aliphatic heterocycles. The van der Waals surface area contributed by atoms with E-state index >= 15 is 0 Å². The zero-order valence-electron chi connectivity index (χ0n) is 55.5. The second kappa shape index (κ2) is 32.0. The number of likely N-dealkylation sites (N-methyl/N-ethyl adjacent to an activating group) is 1. The van der Waals surface area contributed by atoms with Crippen LogP contribution in [0.3, 0.4) is 0 Å². The largest absolute Gasteiger partial charge is 0.457 e. The number of piperazine rings is 1. The minimum atomic E-state index is -0.881. The molecule has 0 spiro atoms. The van der Waals surface area contributed by atoms with E-state index in [9.17, 15) is 29.1 Å². The van der Waals surface area contributed by atoms with Gasteiger partial charge in [-0.3, -0.25) is 33.9 Å². The summed E-state index contributed by atoms with van der Waals surface area (Å²) in [6.07, 6.45) is 8.90. The molecule has 0 aliphatic carbocycles. The van der Waals surface area contributed by atoms with Crippen LogP contribution in [0.15, 0.2) is 96.6 Å². The number of aromatic nitrogens is 2. The zero-order chi connectivity index (χ0) is 64.9. The third-order valence-electron chi connectivity index (χ3n) is 19.8. The van der Waals surface area contributed by atoms with Crippen LogP contribution in [0.25, 0.3) is 10.4 Å². The highest BCUT2D eigenvalue weighted by Crippen LogP contribution is 2.33. The van der Waals surface area contributed by atoms with Crippen LogP contribution >= 0.6 is 11.3 Å². The summed E-state index contributed by atoms with van der Waals surface area (Å²) >= 11 is 1.59. The molecule has 10 rings (SSSR count). The predicted octanol–water partition coefficient (Wildman–Crippen LogP) is 7.85. The van der Waals surface area contributed by atoms with Crippen molar-refractivity contribution in [1.29, 1.82) is 0 Å². The number of piperidine rings is 3. The Morgan fingerprint density at radius 3 is 2.08 bits per heavy atom. The van der Waals surface area contributed by atoms with Gasteiger partial charge in [-0.05, 0) is 174 Å². The number of amides is 5. The Balaban J connectivity index is 0.584. The summed E-state index contributed by atoms with van der Waals surface area (Å²) in [5, 5.41) is 20.2. The van der Waals surface area contributed by atoms with Crippen molar-refractivity contribution in [2.45, 2.75) is 129 Å². The second-order valence-corrected chi connectivity index (χ2v) is 28.6. The molecule has 5 saturated heterocycles. The number of β-amino-alcohol motifs (C(OH)–C–C–N with tert-alkyl or cyclic N) is 1. The van der Waals surface area contributed by atoms with Gasteiger partial charge in [0.2, 0.25) is 23.6 Å². The molecule has 3 aromatic carbocycles. The van der Waals surface area contributed by atoms with E-state index in [1.54, 1.807) is 22.3 Å². The first-order chi connectivity index (χ1) is 44.3. The summed E-state index contributed by atoms with van der Waals surface area (Å²) in [5.74, 6) is 2.16. The van der Waals surface area contributed by atoms with Gasteiger partial charge < -0.3 is 55.2 Å². The molecule has 5 aliphatic rings. The molecule has 0 bridgehead atoms. The van der Waals surface area contributed by atoms with Crippen molar-refractivity contribution in [3.8, 4) is 21.9 Å². The first kappa shape index (κ1) is 68.2. The summed E-state index contributed by atoms with van der Waals surface area (Å²) in [7, 11) is 3.83. The van der Waals surface area contributed by atoms with Crippen molar-refractivity contribution in [2.24, 2.45) is 17.3 Å². The number of benzene rings is 3. The van der Waals surface area contributed by atoms with E-state index in [1.807, 2.05) is 133 Å². The highest BCUT2D eigenvalue weighted by atomic mass is 32.1. The molecule has 0 saturated carbocycles. The van der Waals surface area contributed by atoms with E-state index < -0.39 is 23.6 Å². The summed E-state index contributed by atoms with van der Waals surface area (Å²) in [6.45, 7) is 23.9. The van der Waals surface area contributed by atoms with Gasteiger partial charge in [-0.1, -0.05) is 63.2 Å². The van der Waals surface area contributed by atoms with Crippen LogP contribution in [-0.4, -0.2) is 216 Å². The molecule has 4 atom stereocenters. The Kier molecular flexibility index (Phi) is 23.7. The highest BCUT2D eigenvalue weighted by molar-refractivity contribution is 7.13. The molecule has 496 valence electrons. The molecule has 5 aromatic rings. The molecule has 0 radical (unpaired) electrons. The number of nitrogens with one attached hydrogen (secondary N) is 3. The molecule has 5 amide bonds. The second-order valence-electron chi connectivity index (χ2n) is 27.8. The maximum atomic E-state index is 14.3. The molecular formula is C72H100N12O7S. The average molecular weight is 1280 g/mol. The lowest BCUT2D eigenvalue weighted by molar-refractivity contribution is -0.144. The Morgan fingerprint density at radius 2 is 1.41 bits per heavy atom. The Hall–Kier alpha value is -6.65. The first-order valence-electron chi connectivity index (χ1n) is 33.8. The smallest absolute Gasteiger partial charge is 0.254 e. The number of thiazole rings is 1. The minimum absolute atomic E-state index is 0.0248. The fourth-order valence-electron chi connectivity index (χ4n) is 14.1. The van der Waals surface area contributed by atoms with Crippen molar-refractivity contribution in [1.82, 2.24) is 60.2 Å². The van der Waals surface area contributed by atoms with Gasteiger partial charge in [0.05, 0.1) is 34.8 Å². The number of carbonyl (C=O) groups is 5. The molecule has 92 heavy (non-hydrogen) atoms. The lowest BCUT2D eigenvalue weighted by Crippen LogP contribution is -2.59. The molecule has 19 nitrogen and oxygen atoms in total.